The lowest BCUT2D eigenvalue weighted by Crippen LogP contribution is -2.35. The summed E-state index contributed by atoms with van der Waals surface area (Å²) in [6.45, 7) is 6.54. The number of hydrogen-bond acceptors (Lipinski definition) is 5. The molecule has 1 amide bonds. The molecule has 4 aromatic rings. The van der Waals surface area contributed by atoms with Gasteiger partial charge in [-0.25, -0.2) is 0 Å². The molecule has 6 heteroatoms. The van der Waals surface area contributed by atoms with Crippen LogP contribution in [0.5, 0.6) is 0 Å². The van der Waals surface area contributed by atoms with Crippen LogP contribution in [0, 0.1) is 6.92 Å². The molecule has 0 saturated carbocycles. The predicted octanol–water partition coefficient (Wildman–Crippen LogP) is 6.01. The number of benzene rings is 3. The minimum atomic E-state index is 0.111. The molecule has 1 N–H and O–H groups in total. The molecule has 5 rings (SSSR count). The first-order valence-electron chi connectivity index (χ1n) is 12.1. The van der Waals surface area contributed by atoms with Gasteiger partial charge in [0, 0.05) is 55.6 Å². The Morgan fingerprint density at radius 3 is 2.63 bits per heavy atom. The zero-order valence-electron chi connectivity index (χ0n) is 20.0. The largest absolute Gasteiger partial charge is 0.337 e. The van der Waals surface area contributed by atoms with Gasteiger partial charge in [0.1, 0.15) is 0 Å². The Morgan fingerprint density at radius 2 is 1.77 bits per heavy atom. The van der Waals surface area contributed by atoms with Gasteiger partial charge in [0.2, 0.25) is 0 Å². The van der Waals surface area contributed by atoms with Crippen LogP contribution >= 0.6 is 11.9 Å². The second kappa shape index (κ2) is 10.9. The highest BCUT2D eigenvalue weighted by Gasteiger charge is 2.20. The lowest BCUT2D eigenvalue weighted by Gasteiger charge is -2.22. The van der Waals surface area contributed by atoms with Crippen LogP contribution in [0.1, 0.15) is 27.9 Å². The number of carbonyl (C=O) groups is 1. The second-order valence-electron chi connectivity index (χ2n) is 9.02. The topological polar surface area (TPSA) is 48.5 Å². The maximum Gasteiger partial charge on any atom is 0.253 e. The fraction of sp³-hybridized carbons (Fsp3) is 0.241. The molecule has 1 aromatic heterocycles. The molecule has 5 nitrogen and oxygen atoms in total. The molecule has 3 aromatic carbocycles. The number of nitrogens with zero attached hydrogens (tertiary/aromatic N) is 3. The molecule has 0 radical (unpaired) electrons. The quantitative estimate of drug-likeness (QED) is 0.341. The fourth-order valence-electron chi connectivity index (χ4n) is 4.54. The molecular weight excluding hydrogens is 452 g/mol. The van der Waals surface area contributed by atoms with E-state index >= 15 is 0 Å². The summed E-state index contributed by atoms with van der Waals surface area (Å²) < 4.78 is 3.39. The predicted molar refractivity (Wildman–Crippen MR) is 145 cm³/mol. The number of fused-ring (bicyclic) bond motifs is 1. The molecule has 1 fully saturated rings. The van der Waals surface area contributed by atoms with E-state index in [4.69, 9.17) is 0 Å². The molecule has 35 heavy (non-hydrogen) atoms. The van der Waals surface area contributed by atoms with Crippen molar-refractivity contribution in [3.8, 4) is 0 Å². The number of nitrogens with one attached hydrogen (secondary N) is 1. The fourth-order valence-corrected chi connectivity index (χ4v) is 5.31. The number of para-hydroxylation sites is 1. The molecule has 0 bridgehead atoms. The monoisotopic (exact) mass is 482 g/mol. The van der Waals surface area contributed by atoms with Crippen molar-refractivity contribution in [2.45, 2.75) is 24.8 Å². The van der Waals surface area contributed by atoms with Crippen LogP contribution in [-0.4, -0.2) is 46.9 Å². The molecule has 2 heterocycles. The minimum Gasteiger partial charge on any atom is -0.337 e. The summed E-state index contributed by atoms with van der Waals surface area (Å²) in [5.74, 6) is 0.111. The number of amides is 1. The molecule has 0 unspecified atom stereocenters. The Kier molecular flexibility index (Phi) is 7.31. The summed E-state index contributed by atoms with van der Waals surface area (Å²) in [5.41, 5.74) is 5.31. The summed E-state index contributed by atoms with van der Waals surface area (Å²) in [5, 5.41) is 1.12. The molecule has 178 valence electrons. The van der Waals surface area contributed by atoms with Gasteiger partial charge in [-0.2, -0.15) is 0 Å². The highest BCUT2D eigenvalue weighted by atomic mass is 32.2. The second-order valence-corrected chi connectivity index (χ2v) is 9.87. The van der Waals surface area contributed by atoms with Gasteiger partial charge in [-0.05, 0) is 67.3 Å². The SMILES string of the molecule is Cc1cccc(CN2CCCN(C(=O)c3ccc(NSc4cccc5cccnc45)cc3)CC2)c1. The first kappa shape index (κ1) is 23.4. The van der Waals surface area contributed by atoms with E-state index in [0.717, 1.165) is 66.2 Å². The number of pyridine rings is 1. The summed E-state index contributed by atoms with van der Waals surface area (Å²) >= 11 is 1.54. The van der Waals surface area contributed by atoms with Crippen LogP contribution in [0.15, 0.2) is 90.0 Å². The summed E-state index contributed by atoms with van der Waals surface area (Å²) in [7, 11) is 0. The highest BCUT2D eigenvalue weighted by molar-refractivity contribution is 8.00. The summed E-state index contributed by atoms with van der Waals surface area (Å²) in [6, 6.07) is 26.7. The third-order valence-electron chi connectivity index (χ3n) is 6.37. The van der Waals surface area contributed by atoms with E-state index in [0.29, 0.717) is 0 Å². The van der Waals surface area contributed by atoms with Crippen molar-refractivity contribution < 1.29 is 4.79 Å². The van der Waals surface area contributed by atoms with Crippen LogP contribution in [0.2, 0.25) is 0 Å². The van der Waals surface area contributed by atoms with Crippen LogP contribution in [0.3, 0.4) is 0 Å². The van der Waals surface area contributed by atoms with Gasteiger partial charge in [0.25, 0.3) is 5.91 Å². The van der Waals surface area contributed by atoms with E-state index < -0.39 is 0 Å². The van der Waals surface area contributed by atoms with E-state index in [1.807, 2.05) is 47.5 Å². The maximum absolute atomic E-state index is 13.2. The third kappa shape index (κ3) is 5.84. The number of rotatable bonds is 6. The average molecular weight is 483 g/mol. The molecule has 0 aliphatic carbocycles. The minimum absolute atomic E-state index is 0.111. The van der Waals surface area contributed by atoms with Crippen molar-refractivity contribution in [3.05, 3.63) is 102 Å². The molecule has 1 aliphatic rings. The van der Waals surface area contributed by atoms with Crippen molar-refractivity contribution >= 4 is 34.4 Å². The number of hydrogen-bond donors (Lipinski definition) is 1. The number of aryl methyl sites for hydroxylation is 1. The van der Waals surface area contributed by atoms with Crippen molar-refractivity contribution in [2.24, 2.45) is 0 Å². The zero-order valence-corrected chi connectivity index (χ0v) is 20.8. The Bertz CT molecular complexity index is 1300. The van der Waals surface area contributed by atoms with E-state index in [1.165, 1.54) is 23.1 Å². The highest BCUT2D eigenvalue weighted by Crippen LogP contribution is 2.27. The summed E-state index contributed by atoms with van der Waals surface area (Å²) in [6.07, 6.45) is 2.81. The molecular formula is C29H30N4OS. The van der Waals surface area contributed by atoms with Gasteiger partial charge in [-0.15, -0.1) is 0 Å². The van der Waals surface area contributed by atoms with E-state index in [1.54, 1.807) is 0 Å². The Balaban J connectivity index is 1.17. The van der Waals surface area contributed by atoms with Crippen LogP contribution in [0.4, 0.5) is 5.69 Å². The summed E-state index contributed by atoms with van der Waals surface area (Å²) in [4.78, 5) is 23.2. The van der Waals surface area contributed by atoms with E-state index in [-0.39, 0.29) is 5.91 Å². The van der Waals surface area contributed by atoms with Crippen molar-refractivity contribution in [1.29, 1.82) is 0 Å². The van der Waals surface area contributed by atoms with Gasteiger partial charge in [0.05, 0.1) is 10.4 Å². The molecule has 0 spiro atoms. The van der Waals surface area contributed by atoms with Crippen LogP contribution < -0.4 is 4.72 Å². The Hall–Kier alpha value is -3.35. The molecule has 1 aliphatic heterocycles. The van der Waals surface area contributed by atoms with Gasteiger partial charge in [0.15, 0.2) is 0 Å². The third-order valence-corrected chi connectivity index (χ3v) is 7.26. The van der Waals surface area contributed by atoms with E-state index in [2.05, 4.69) is 64.0 Å². The smallest absolute Gasteiger partial charge is 0.253 e. The lowest BCUT2D eigenvalue weighted by molar-refractivity contribution is 0.0761. The number of carbonyl (C=O) groups excluding carboxylic acids is 1. The molecule has 0 atom stereocenters. The first-order valence-corrected chi connectivity index (χ1v) is 12.9. The Labute approximate surface area is 211 Å². The standard InChI is InChI=1S/C29H30N4OS/c1-22-6-2-7-23(20-22)21-32-16-5-17-33(19-18-32)29(34)25-11-13-26(14-12-25)31-35-27-10-3-8-24-9-4-15-30-28(24)27/h2-4,6-15,20,31H,5,16-19,21H2,1H3. The van der Waals surface area contributed by atoms with Gasteiger partial charge in [-0.3, -0.25) is 14.7 Å². The van der Waals surface area contributed by atoms with Crippen molar-refractivity contribution in [2.75, 3.05) is 30.9 Å². The first-order chi connectivity index (χ1) is 17.2. The number of aromatic nitrogens is 1. The molecule has 1 saturated heterocycles. The van der Waals surface area contributed by atoms with Gasteiger partial charge < -0.3 is 9.62 Å². The average Bonchev–Trinajstić information content (AvgIpc) is 3.13. The zero-order chi connectivity index (χ0) is 24.0. The van der Waals surface area contributed by atoms with Gasteiger partial charge in [-0.1, -0.05) is 48.0 Å². The van der Waals surface area contributed by atoms with Gasteiger partial charge >= 0.3 is 0 Å². The van der Waals surface area contributed by atoms with Crippen LogP contribution in [0.25, 0.3) is 10.9 Å². The number of anilines is 1. The van der Waals surface area contributed by atoms with Crippen molar-refractivity contribution in [1.82, 2.24) is 14.8 Å². The van der Waals surface area contributed by atoms with Crippen molar-refractivity contribution in [3.63, 3.8) is 0 Å². The Morgan fingerprint density at radius 1 is 0.943 bits per heavy atom. The lowest BCUT2D eigenvalue weighted by atomic mass is 10.1. The maximum atomic E-state index is 13.2. The normalized spacial score (nSPS) is 14.6. The van der Waals surface area contributed by atoms with Crippen LogP contribution in [-0.2, 0) is 6.54 Å². The van der Waals surface area contributed by atoms with E-state index in [9.17, 15) is 4.79 Å².